The van der Waals surface area contributed by atoms with Crippen molar-refractivity contribution < 1.29 is 9.59 Å². The predicted molar refractivity (Wildman–Crippen MR) is 62.9 cm³/mol. The summed E-state index contributed by atoms with van der Waals surface area (Å²) < 4.78 is 0. The van der Waals surface area contributed by atoms with Crippen LogP contribution in [0.25, 0.3) is 12.2 Å². The van der Waals surface area contributed by atoms with Crippen molar-refractivity contribution in [1.82, 2.24) is 0 Å². The third kappa shape index (κ3) is 3.79. The van der Waals surface area contributed by atoms with Gasteiger partial charge in [0.2, 0.25) is 11.8 Å². The van der Waals surface area contributed by atoms with E-state index < -0.39 is 11.8 Å². The number of nitrogens with two attached hydrogens (primary N) is 2. The topological polar surface area (TPSA) is 86.2 Å². The van der Waals surface area contributed by atoms with Gasteiger partial charge in [-0.05, 0) is 23.3 Å². The standard InChI is InChI=1S/C12H12N2O2/c13-11(15)7-5-9-3-1-2-4-10(9)6-8-12(14)16/h1-8H,(H2,13,15)(H2,14,16)/b7-5+,8-6+. The van der Waals surface area contributed by atoms with Gasteiger partial charge in [-0.1, -0.05) is 24.3 Å². The molecule has 1 rings (SSSR count). The molecule has 16 heavy (non-hydrogen) atoms. The zero-order valence-corrected chi connectivity index (χ0v) is 8.59. The van der Waals surface area contributed by atoms with Crippen LogP contribution in [0.2, 0.25) is 0 Å². The third-order valence-corrected chi connectivity index (χ3v) is 1.85. The molecule has 2 amide bonds. The molecular formula is C12H12N2O2. The van der Waals surface area contributed by atoms with Gasteiger partial charge in [-0.2, -0.15) is 0 Å². The monoisotopic (exact) mass is 216 g/mol. The van der Waals surface area contributed by atoms with Gasteiger partial charge in [0, 0.05) is 12.2 Å². The fraction of sp³-hybridized carbons (Fsp3) is 0. The molecule has 0 aromatic heterocycles. The van der Waals surface area contributed by atoms with Gasteiger partial charge >= 0.3 is 0 Å². The van der Waals surface area contributed by atoms with Gasteiger partial charge in [0.1, 0.15) is 0 Å². The van der Waals surface area contributed by atoms with Crippen molar-refractivity contribution in [2.75, 3.05) is 0 Å². The molecule has 1 aromatic carbocycles. The lowest BCUT2D eigenvalue weighted by molar-refractivity contribution is -0.114. The Hall–Kier alpha value is -2.36. The van der Waals surface area contributed by atoms with E-state index in [2.05, 4.69) is 0 Å². The fourth-order valence-corrected chi connectivity index (χ4v) is 1.16. The molecule has 0 fully saturated rings. The Morgan fingerprint density at radius 1 is 0.875 bits per heavy atom. The molecule has 0 aliphatic heterocycles. The highest BCUT2D eigenvalue weighted by atomic mass is 16.1. The minimum atomic E-state index is -0.520. The molecule has 0 unspecified atom stereocenters. The van der Waals surface area contributed by atoms with Crippen LogP contribution in [0.4, 0.5) is 0 Å². The van der Waals surface area contributed by atoms with E-state index in [0.717, 1.165) is 11.1 Å². The van der Waals surface area contributed by atoms with E-state index >= 15 is 0 Å². The molecule has 0 aliphatic carbocycles. The Bertz CT molecular complexity index is 419. The lowest BCUT2D eigenvalue weighted by Crippen LogP contribution is -2.05. The average molecular weight is 216 g/mol. The van der Waals surface area contributed by atoms with Gasteiger partial charge in [-0.25, -0.2) is 0 Å². The Morgan fingerprint density at radius 2 is 1.25 bits per heavy atom. The largest absolute Gasteiger partial charge is 0.366 e. The fourth-order valence-electron chi connectivity index (χ4n) is 1.16. The second-order valence-electron chi connectivity index (χ2n) is 3.10. The Labute approximate surface area is 93.2 Å². The van der Waals surface area contributed by atoms with Crippen LogP contribution in [0.3, 0.4) is 0 Å². The number of carbonyl (C=O) groups excluding carboxylic acids is 2. The minimum absolute atomic E-state index is 0.520. The Balaban J connectivity index is 3.00. The average Bonchev–Trinajstić information content (AvgIpc) is 2.24. The number of amides is 2. The van der Waals surface area contributed by atoms with Gasteiger partial charge in [-0.15, -0.1) is 0 Å². The third-order valence-electron chi connectivity index (χ3n) is 1.85. The Morgan fingerprint density at radius 3 is 1.56 bits per heavy atom. The second-order valence-corrected chi connectivity index (χ2v) is 3.10. The van der Waals surface area contributed by atoms with Crippen molar-refractivity contribution in [2.45, 2.75) is 0 Å². The summed E-state index contributed by atoms with van der Waals surface area (Å²) in [6.45, 7) is 0. The zero-order chi connectivity index (χ0) is 12.0. The lowest BCUT2D eigenvalue weighted by Gasteiger charge is -1.99. The number of primary amides is 2. The molecule has 0 radical (unpaired) electrons. The van der Waals surface area contributed by atoms with E-state index in [1.807, 2.05) is 12.1 Å². The van der Waals surface area contributed by atoms with Crippen LogP contribution < -0.4 is 11.5 Å². The summed E-state index contributed by atoms with van der Waals surface area (Å²) in [6, 6.07) is 7.25. The van der Waals surface area contributed by atoms with Crippen LogP contribution in [-0.2, 0) is 9.59 Å². The van der Waals surface area contributed by atoms with Crippen molar-refractivity contribution in [2.24, 2.45) is 11.5 Å². The summed E-state index contributed by atoms with van der Waals surface area (Å²) in [5, 5.41) is 0. The summed E-state index contributed by atoms with van der Waals surface area (Å²) in [6.07, 6.45) is 5.69. The molecule has 0 aliphatic rings. The van der Waals surface area contributed by atoms with E-state index in [9.17, 15) is 9.59 Å². The molecule has 0 saturated heterocycles. The van der Waals surface area contributed by atoms with Gasteiger partial charge in [-0.3, -0.25) is 9.59 Å². The van der Waals surface area contributed by atoms with Gasteiger partial charge < -0.3 is 11.5 Å². The van der Waals surface area contributed by atoms with E-state index in [0.29, 0.717) is 0 Å². The maximum Gasteiger partial charge on any atom is 0.241 e. The van der Waals surface area contributed by atoms with Crippen molar-refractivity contribution in [3.8, 4) is 0 Å². The van der Waals surface area contributed by atoms with E-state index in [1.165, 1.54) is 12.2 Å². The summed E-state index contributed by atoms with van der Waals surface area (Å²) in [4.78, 5) is 21.2. The van der Waals surface area contributed by atoms with Crippen LogP contribution >= 0.6 is 0 Å². The highest BCUT2D eigenvalue weighted by Crippen LogP contribution is 2.12. The molecule has 0 spiro atoms. The first kappa shape index (κ1) is 11.7. The number of benzene rings is 1. The molecule has 0 saturated carbocycles. The van der Waals surface area contributed by atoms with Gasteiger partial charge in [0.25, 0.3) is 0 Å². The van der Waals surface area contributed by atoms with Gasteiger partial charge in [0.15, 0.2) is 0 Å². The first-order valence-corrected chi connectivity index (χ1v) is 4.63. The van der Waals surface area contributed by atoms with E-state index in [-0.39, 0.29) is 0 Å². The number of carbonyl (C=O) groups is 2. The summed E-state index contributed by atoms with van der Waals surface area (Å²) >= 11 is 0. The van der Waals surface area contributed by atoms with Crippen LogP contribution in [0.15, 0.2) is 36.4 Å². The SMILES string of the molecule is NC(=O)/C=C/c1ccccc1/C=C/C(N)=O. The van der Waals surface area contributed by atoms with Crippen molar-refractivity contribution in [3.05, 3.63) is 47.5 Å². The van der Waals surface area contributed by atoms with Crippen LogP contribution in [0.1, 0.15) is 11.1 Å². The molecule has 0 atom stereocenters. The molecular weight excluding hydrogens is 204 g/mol. The maximum atomic E-state index is 10.6. The van der Waals surface area contributed by atoms with Crippen molar-refractivity contribution in [3.63, 3.8) is 0 Å². The molecule has 0 heterocycles. The molecule has 1 aromatic rings. The molecule has 4 heteroatoms. The normalized spacial score (nSPS) is 11.0. The highest BCUT2D eigenvalue weighted by molar-refractivity contribution is 5.93. The first-order valence-electron chi connectivity index (χ1n) is 4.63. The number of hydrogen-bond donors (Lipinski definition) is 2. The van der Waals surface area contributed by atoms with E-state index in [4.69, 9.17) is 11.5 Å². The Kier molecular flexibility index (Phi) is 4.03. The molecule has 4 N–H and O–H groups in total. The van der Waals surface area contributed by atoms with E-state index in [1.54, 1.807) is 24.3 Å². The minimum Gasteiger partial charge on any atom is -0.366 e. The smallest absolute Gasteiger partial charge is 0.241 e. The summed E-state index contributed by atoms with van der Waals surface area (Å²) in [7, 11) is 0. The lowest BCUT2D eigenvalue weighted by atomic mass is 10.1. The molecule has 0 bridgehead atoms. The summed E-state index contributed by atoms with van der Waals surface area (Å²) in [5.74, 6) is -1.04. The van der Waals surface area contributed by atoms with Crippen LogP contribution in [-0.4, -0.2) is 11.8 Å². The maximum absolute atomic E-state index is 10.6. The first-order chi connectivity index (χ1) is 7.59. The van der Waals surface area contributed by atoms with Crippen molar-refractivity contribution >= 4 is 24.0 Å². The van der Waals surface area contributed by atoms with Crippen molar-refractivity contribution in [1.29, 1.82) is 0 Å². The zero-order valence-electron chi connectivity index (χ0n) is 8.59. The van der Waals surface area contributed by atoms with Gasteiger partial charge in [0.05, 0.1) is 0 Å². The van der Waals surface area contributed by atoms with Crippen LogP contribution in [0, 0.1) is 0 Å². The quantitative estimate of drug-likeness (QED) is 0.725. The molecule has 4 nitrogen and oxygen atoms in total. The van der Waals surface area contributed by atoms with Crippen LogP contribution in [0.5, 0.6) is 0 Å². The second kappa shape index (κ2) is 5.50. The number of rotatable bonds is 4. The highest BCUT2D eigenvalue weighted by Gasteiger charge is 1.95. The molecule has 82 valence electrons. The summed E-state index contributed by atoms with van der Waals surface area (Å²) in [5.41, 5.74) is 11.6. The number of hydrogen-bond acceptors (Lipinski definition) is 2. The predicted octanol–water partition coefficient (Wildman–Crippen LogP) is 0.684.